The molecule has 1 unspecified atom stereocenters. The van der Waals surface area contributed by atoms with Crippen LogP contribution in [-0.4, -0.2) is 0 Å². The first-order valence-electron chi connectivity index (χ1n) is 8.19. The van der Waals surface area contributed by atoms with Crippen LogP contribution >= 0.6 is 22.6 Å². The molecule has 2 aromatic carbocycles. The lowest BCUT2D eigenvalue weighted by Crippen LogP contribution is -2.15. The highest BCUT2D eigenvalue weighted by atomic mass is 127. The van der Waals surface area contributed by atoms with E-state index in [4.69, 9.17) is 0 Å². The van der Waals surface area contributed by atoms with Gasteiger partial charge < -0.3 is 0 Å². The Hall–Kier alpha value is -1.35. The van der Waals surface area contributed by atoms with Crippen LogP contribution < -0.4 is 0 Å². The molecule has 118 valence electrons. The maximum absolute atomic E-state index is 2.41. The lowest BCUT2D eigenvalue weighted by Gasteiger charge is -2.22. The first-order chi connectivity index (χ1) is 10.9. The molecule has 2 aromatic rings. The van der Waals surface area contributed by atoms with E-state index < -0.39 is 0 Å². The van der Waals surface area contributed by atoms with Gasteiger partial charge >= 0.3 is 0 Å². The Morgan fingerprint density at radius 1 is 1.04 bits per heavy atom. The lowest BCUT2D eigenvalue weighted by molar-refractivity contribution is 0.658. The SMILES string of the molecule is C/C=C(I)\C=C/C(C)c1ccc2c(c1)C(C)(C)c1ccccc1-2. The summed E-state index contributed by atoms with van der Waals surface area (Å²) < 4.78 is 1.28. The molecule has 0 heterocycles. The molecule has 1 aliphatic rings. The topological polar surface area (TPSA) is 0 Å². The molecule has 0 nitrogen and oxygen atoms in total. The fraction of sp³-hybridized carbons (Fsp3) is 0.273. The number of halogens is 1. The van der Waals surface area contributed by atoms with Crippen molar-refractivity contribution in [3.8, 4) is 11.1 Å². The zero-order valence-corrected chi connectivity index (χ0v) is 16.4. The molecule has 0 N–H and O–H groups in total. The van der Waals surface area contributed by atoms with E-state index in [9.17, 15) is 0 Å². The summed E-state index contributed by atoms with van der Waals surface area (Å²) in [4.78, 5) is 0. The molecule has 0 fully saturated rings. The van der Waals surface area contributed by atoms with Crippen LogP contribution in [0.5, 0.6) is 0 Å². The van der Waals surface area contributed by atoms with E-state index in [2.05, 4.69) is 111 Å². The monoisotopic (exact) mass is 414 g/mol. The molecule has 0 saturated carbocycles. The summed E-state index contributed by atoms with van der Waals surface area (Å²) >= 11 is 2.37. The lowest BCUT2D eigenvalue weighted by atomic mass is 9.81. The molecule has 0 amide bonds. The van der Waals surface area contributed by atoms with Gasteiger partial charge in [-0.05, 0) is 63.2 Å². The first kappa shape index (κ1) is 16.5. The Morgan fingerprint density at radius 3 is 2.48 bits per heavy atom. The molecular formula is C22H23I. The Labute approximate surface area is 153 Å². The summed E-state index contributed by atoms with van der Waals surface area (Å²) in [6.07, 6.45) is 6.63. The minimum absolute atomic E-state index is 0.0864. The van der Waals surface area contributed by atoms with Gasteiger partial charge in [0.15, 0.2) is 0 Å². The van der Waals surface area contributed by atoms with Gasteiger partial charge in [0.25, 0.3) is 0 Å². The van der Waals surface area contributed by atoms with E-state index in [1.54, 1.807) is 0 Å². The fourth-order valence-corrected chi connectivity index (χ4v) is 3.66. The molecule has 0 spiro atoms. The quantitative estimate of drug-likeness (QED) is 0.375. The van der Waals surface area contributed by atoms with Crippen molar-refractivity contribution in [2.45, 2.75) is 39.0 Å². The molecule has 1 aliphatic carbocycles. The molecule has 0 aromatic heterocycles. The number of rotatable bonds is 3. The van der Waals surface area contributed by atoms with E-state index in [1.807, 2.05) is 0 Å². The van der Waals surface area contributed by atoms with Crippen LogP contribution in [0.2, 0.25) is 0 Å². The van der Waals surface area contributed by atoms with Crippen molar-refractivity contribution < 1.29 is 0 Å². The van der Waals surface area contributed by atoms with Crippen molar-refractivity contribution in [2.24, 2.45) is 0 Å². The Kier molecular flexibility index (Phi) is 4.50. The minimum Gasteiger partial charge on any atom is -0.0762 e. The summed E-state index contributed by atoms with van der Waals surface area (Å²) in [7, 11) is 0. The second-order valence-electron chi connectivity index (χ2n) is 6.80. The zero-order chi connectivity index (χ0) is 16.6. The van der Waals surface area contributed by atoms with Crippen molar-refractivity contribution in [1.82, 2.24) is 0 Å². The molecular weight excluding hydrogens is 391 g/mol. The molecule has 1 heteroatoms. The number of fused-ring (bicyclic) bond motifs is 3. The van der Waals surface area contributed by atoms with Gasteiger partial charge in [0.1, 0.15) is 0 Å². The van der Waals surface area contributed by atoms with Crippen LogP contribution in [0.25, 0.3) is 11.1 Å². The van der Waals surface area contributed by atoms with Crippen LogP contribution in [0.4, 0.5) is 0 Å². The average Bonchev–Trinajstić information content (AvgIpc) is 2.80. The van der Waals surface area contributed by atoms with Crippen LogP contribution in [0.15, 0.2) is 64.3 Å². The summed E-state index contributed by atoms with van der Waals surface area (Å²) in [5.41, 5.74) is 7.17. The van der Waals surface area contributed by atoms with Crippen molar-refractivity contribution in [1.29, 1.82) is 0 Å². The van der Waals surface area contributed by atoms with Gasteiger partial charge in [-0.25, -0.2) is 0 Å². The number of benzene rings is 2. The van der Waals surface area contributed by atoms with E-state index in [-0.39, 0.29) is 5.41 Å². The van der Waals surface area contributed by atoms with Gasteiger partial charge in [-0.15, -0.1) is 0 Å². The number of hydrogen-bond acceptors (Lipinski definition) is 0. The normalized spacial score (nSPS) is 17.2. The highest BCUT2D eigenvalue weighted by Gasteiger charge is 2.35. The van der Waals surface area contributed by atoms with Crippen molar-refractivity contribution >= 4 is 22.6 Å². The van der Waals surface area contributed by atoms with Gasteiger partial charge in [0, 0.05) is 8.99 Å². The first-order valence-corrected chi connectivity index (χ1v) is 9.27. The molecule has 23 heavy (non-hydrogen) atoms. The molecule has 0 radical (unpaired) electrons. The summed E-state index contributed by atoms with van der Waals surface area (Å²) in [6, 6.07) is 15.8. The van der Waals surface area contributed by atoms with Crippen LogP contribution in [0.3, 0.4) is 0 Å². The van der Waals surface area contributed by atoms with Crippen LogP contribution in [0.1, 0.15) is 50.3 Å². The fourth-order valence-electron chi connectivity index (χ4n) is 3.45. The van der Waals surface area contributed by atoms with E-state index in [0.717, 1.165) is 0 Å². The van der Waals surface area contributed by atoms with Crippen LogP contribution in [0, 0.1) is 0 Å². The van der Waals surface area contributed by atoms with E-state index in [1.165, 1.54) is 31.4 Å². The number of hydrogen-bond donors (Lipinski definition) is 0. The molecule has 0 aliphatic heterocycles. The molecule has 0 saturated heterocycles. The highest BCUT2D eigenvalue weighted by Crippen LogP contribution is 2.49. The minimum atomic E-state index is 0.0864. The van der Waals surface area contributed by atoms with Crippen molar-refractivity contribution in [2.75, 3.05) is 0 Å². The Bertz CT molecular complexity index is 793. The second-order valence-corrected chi connectivity index (χ2v) is 8.04. The summed E-state index contributed by atoms with van der Waals surface area (Å²) in [6.45, 7) is 9.02. The largest absolute Gasteiger partial charge is 0.0762 e. The van der Waals surface area contributed by atoms with Crippen LogP contribution in [-0.2, 0) is 5.41 Å². The predicted molar refractivity (Wildman–Crippen MR) is 109 cm³/mol. The zero-order valence-electron chi connectivity index (χ0n) is 14.2. The molecule has 1 atom stereocenters. The smallest absolute Gasteiger partial charge is 0.0158 e. The summed E-state index contributed by atoms with van der Waals surface area (Å²) in [5, 5.41) is 0. The van der Waals surface area contributed by atoms with E-state index >= 15 is 0 Å². The van der Waals surface area contributed by atoms with Gasteiger partial charge in [0.2, 0.25) is 0 Å². The maximum Gasteiger partial charge on any atom is 0.0158 e. The number of allylic oxidation sites excluding steroid dienone is 4. The van der Waals surface area contributed by atoms with Gasteiger partial charge in [0.05, 0.1) is 0 Å². The Morgan fingerprint density at radius 2 is 1.74 bits per heavy atom. The van der Waals surface area contributed by atoms with E-state index in [0.29, 0.717) is 5.92 Å². The van der Waals surface area contributed by atoms with Crippen molar-refractivity contribution in [3.63, 3.8) is 0 Å². The maximum atomic E-state index is 2.41. The van der Waals surface area contributed by atoms with Gasteiger partial charge in [-0.1, -0.05) is 81.5 Å². The molecule has 3 rings (SSSR count). The predicted octanol–water partition coefficient (Wildman–Crippen LogP) is 6.99. The Balaban J connectivity index is 2.02. The second kappa shape index (κ2) is 6.27. The standard InChI is InChI=1S/C22H23I/c1-5-17(23)12-10-15(2)16-11-13-19-18-8-6-7-9-20(18)22(3,4)21(19)14-16/h5-15H,1-4H3/b12-10-,17-5+. The van der Waals surface area contributed by atoms with Gasteiger partial charge in [-0.2, -0.15) is 0 Å². The van der Waals surface area contributed by atoms with Gasteiger partial charge in [-0.3, -0.25) is 0 Å². The van der Waals surface area contributed by atoms with Crippen molar-refractivity contribution in [3.05, 3.63) is 81.0 Å². The highest BCUT2D eigenvalue weighted by molar-refractivity contribution is 14.1. The third-order valence-electron chi connectivity index (χ3n) is 4.95. The third-order valence-corrected chi connectivity index (χ3v) is 5.94. The average molecular weight is 414 g/mol. The molecule has 0 bridgehead atoms. The third kappa shape index (κ3) is 2.91. The summed E-state index contributed by atoms with van der Waals surface area (Å²) in [5.74, 6) is 0.421.